The van der Waals surface area contributed by atoms with Gasteiger partial charge in [0.2, 0.25) is 15.8 Å². The van der Waals surface area contributed by atoms with Gasteiger partial charge in [0.05, 0.1) is 10.5 Å². The molecule has 0 unspecified atom stereocenters. The molecule has 0 aliphatic carbocycles. The van der Waals surface area contributed by atoms with E-state index in [1.807, 2.05) is 0 Å². The molecule has 0 radical (unpaired) electrons. The molecule has 0 spiro atoms. The van der Waals surface area contributed by atoms with E-state index in [4.69, 9.17) is 10.2 Å². The van der Waals surface area contributed by atoms with Crippen LogP contribution >= 0.6 is 0 Å². The smallest absolute Gasteiger partial charge is 0.335 e. The van der Waals surface area contributed by atoms with Crippen LogP contribution in [0.4, 0.5) is 11.6 Å². The molecule has 0 saturated carbocycles. The Morgan fingerprint density at radius 3 is 2.26 bits per heavy atom. The van der Waals surface area contributed by atoms with Crippen molar-refractivity contribution in [2.75, 3.05) is 11.3 Å². The minimum atomic E-state index is -3.73. The van der Waals surface area contributed by atoms with Crippen molar-refractivity contribution in [3.63, 3.8) is 0 Å². The maximum atomic E-state index is 11.7. The van der Waals surface area contributed by atoms with Gasteiger partial charge in [0.25, 0.3) is 0 Å². The van der Waals surface area contributed by atoms with Gasteiger partial charge >= 0.3 is 5.97 Å². The number of carbonyl (C=O) groups is 1. The third kappa shape index (κ3) is 4.27. The van der Waals surface area contributed by atoms with E-state index in [2.05, 4.69) is 15.3 Å². The van der Waals surface area contributed by atoms with E-state index < -0.39 is 21.7 Å². The fraction of sp³-hybridized carbons (Fsp3) is 0.0556. The molecule has 138 valence electrons. The van der Waals surface area contributed by atoms with Gasteiger partial charge in [0.15, 0.2) is 0 Å². The zero-order chi connectivity index (χ0) is 19.4. The van der Waals surface area contributed by atoms with E-state index in [9.17, 15) is 13.2 Å². The SMILES string of the molecule is O=C(O)c1ccc(-c2cnc(Nc3cccc(S(=O)(=O)CO)c3)nc2)cc1. The first kappa shape index (κ1) is 18.5. The molecular weight excluding hydrogens is 370 g/mol. The molecular formula is C18H15N3O5S. The molecule has 0 atom stereocenters. The first-order valence-corrected chi connectivity index (χ1v) is 9.41. The van der Waals surface area contributed by atoms with E-state index in [0.717, 1.165) is 5.56 Å². The first-order chi connectivity index (χ1) is 12.9. The number of nitrogens with zero attached hydrogens (tertiary/aromatic N) is 2. The minimum absolute atomic E-state index is 0.00913. The average molecular weight is 385 g/mol. The van der Waals surface area contributed by atoms with Crippen molar-refractivity contribution >= 4 is 27.4 Å². The van der Waals surface area contributed by atoms with Gasteiger partial charge in [-0.15, -0.1) is 0 Å². The summed E-state index contributed by atoms with van der Waals surface area (Å²) in [6.07, 6.45) is 3.14. The highest BCUT2D eigenvalue weighted by atomic mass is 32.2. The zero-order valence-corrected chi connectivity index (χ0v) is 14.7. The van der Waals surface area contributed by atoms with Crippen molar-refractivity contribution in [3.8, 4) is 11.1 Å². The molecule has 0 bridgehead atoms. The van der Waals surface area contributed by atoms with Crippen molar-refractivity contribution in [1.29, 1.82) is 0 Å². The lowest BCUT2D eigenvalue weighted by Gasteiger charge is -2.08. The van der Waals surface area contributed by atoms with Gasteiger partial charge in [-0.2, -0.15) is 0 Å². The number of nitrogens with one attached hydrogen (secondary N) is 1. The topological polar surface area (TPSA) is 129 Å². The highest BCUT2D eigenvalue weighted by Crippen LogP contribution is 2.21. The van der Waals surface area contributed by atoms with Gasteiger partial charge < -0.3 is 15.5 Å². The van der Waals surface area contributed by atoms with Gasteiger partial charge in [-0.3, -0.25) is 0 Å². The van der Waals surface area contributed by atoms with Crippen molar-refractivity contribution in [2.24, 2.45) is 0 Å². The van der Waals surface area contributed by atoms with Crippen LogP contribution in [0, 0.1) is 0 Å². The number of aromatic carboxylic acids is 1. The lowest BCUT2D eigenvalue weighted by atomic mass is 10.1. The minimum Gasteiger partial charge on any atom is -0.478 e. The number of anilines is 2. The normalized spacial score (nSPS) is 11.1. The molecule has 8 nitrogen and oxygen atoms in total. The zero-order valence-electron chi connectivity index (χ0n) is 13.9. The number of sulfone groups is 1. The summed E-state index contributed by atoms with van der Waals surface area (Å²) in [6.45, 7) is 0. The lowest BCUT2D eigenvalue weighted by molar-refractivity contribution is 0.0697. The van der Waals surface area contributed by atoms with Gasteiger partial charge in [-0.25, -0.2) is 23.2 Å². The number of aromatic nitrogens is 2. The van der Waals surface area contributed by atoms with E-state index in [-0.39, 0.29) is 16.4 Å². The van der Waals surface area contributed by atoms with Gasteiger partial charge in [0.1, 0.15) is 5.94 Å². The van der Waals surface area contributed by atoms with Crippen molar-refractivity contribution < 1.29 is 23.4 Å². The molecule has 9 heteroatoms. The van der Waals surface area contributed by atoms with Crippen molar-refractivity contribution in [2.45, 2.75) is 4.90 Å². The number of carboxylic acid groups (broad SMARTS) is 1. The summed E-state index contributed by atoms with van der Waals surface area (Å²) in [4.78, 5) is 19.2. The van der Waals surface area contributed by atoms with Gasteiger partial charge in [-0.05, 0) is 35.9 Å². The third-order valence-electron chi connectivity index (χ3n) is 3.74. The first-order valence-electron chi connectivity index (χ1n) is 7.75. The van der Waals surface area contributed by atoms with Crippen LogP contribution in [0.2, 0.25) is 0 Å². The average Bonchev–Trinajstić information content (AvgIpc) is 2.69. The standard InChI is InChI=1S/C18H15N3O5S/c22-11-27(25,26)16-3-1-2-15(8-16)21-18-19-9-14(10-20-18)12-4-6-13(7-5-12)17(23)24/h1-10,22H,11H2,(H,23,24)(H,19,20,21). The van der Waals surface area contributed by atoms with Gasteiger partial charge in [0, 0.05) is 23.6 Å². The summed E-state index contributed by atoms with van der Waals surface area (Å²) >= 11 is 0. The Bertz CT molecular complexity index is 1060. The predicted molar refractivity (Wildman–Crippen MR) is 98.4 cm³/mol. The third-order valence-corrected chi connectivity index (χ3v) is 5.05. The molecule has 0 saturated heterocycles. The Morgan fingerprint density at radius 2 is 1.67 bits per heavy atom. The quantitative estimate of drug-likeness (QED) is 0.589. The van der Waals surface area contributed by atoms with Crippen molar-refractivity contribution in [1.82, 2.24) is 9.97 Å². The Kier molecular flexibility index (Phi) is 5.15. The molecule has 0 fully saturated rings. The highest BCUT2D eigenvalue weighted by molar-refractivity contribution is 7.91. The number of benzene rings is 2. The van der Waals surface area contributed by atoms with Crippen LogP contribution in [0.1, 0.15) is 10.4 Å². The fourth-order valence-electron chi connectivity index (χ4n) is 2.32. The summed E-state index contributed by atoms with van der Waals surface area (Å²) in [6, 6.07) is 12.3. The molecule has 3 N–H and O–H groups in total. The predicted octanol–water partition coefficient (Wildman–Crippen LogP) is 2.31. The number of aliphatic hydroxyl groups excluding tert-OH is 1. The molecule has 1 aromatic heterocycles. The van der Waals surface area contributed by atoms with E-state index >= 15 is 0 Å². The number of carboxylic acids is 1. The van der Waals surface area contributed by atoms with Crippen molar-refractivity contribution in [3.05, 3.63) is 66.5 Å². The van der Waals surface area contributed by atoms with Crippen LogP contribution in [-0.2, 0) is 9.84 Å². The number of hydrogen-bond acceptors (Lipinski definition) is 7. The molecule has 0 amide bonds. The Morgan fingerprint density at radius 1 is 1.00 bits per heavy atom. The highest BCUT2D eigenvalue weighted by Gasteiger charge is 2.13. The summed E-state index contributed by atoms with van der Waals surface area (Å²) in [7, 11) is -3.73. The molecule has 27 heavy (non-hydrogen) atoms. The molecule has 2 aromatic carbocycles. The van der Waals surface area contributed by atoms with Crippen LogP contribution < -0.4 is 5.32 Å². The van der Waals surface area contributed by atoms with E-state index in [1.54, 1.807) is 36.7 Å². The summed E-state index contributed by atoms with van der Waals surface area (Å²) in [5.74, 6) is -1.70. The van der Waals surface area contributed by atoms with Crippen LogP contribution in [0.25, 0.3) is 11.1 Å². The second kappa shape index (κ2) is 7.52. The number of hydrogen-bond donors (Lipinski definition) is 3. The Balaban J connectivity index is 1.78. The largest absolute Gasteiger partial charge is 0.478 e. The summed E-state index contributed by atoms with van der Waals surface area (Å²) in [5, 5.41) is 20.8. The molecule has 0 aliphatic rings. The van der Waals surface area contributed by atoms with Gasteiger partial charge in [-0.1, -0.05) is 18.2 Å². The fourth-order valence-corrected chi connectivity index (χ4v) is 3.06. The molecule has 3 aromatic rings. The maximum absolute atomic E-state index is 11.7. The molecule has 1 heterocycles. The Labute approximate surface area is 155 Å². The van der Waals surface area contributed by atoms with E-state index in [0.29, 0.717) is 11.3 Å². The Hall–Kier alpha value is -3.30. The van der Waals surface area contributed by atoms with Crippen LogP contribution in [0.5, 0.6) is 0 Å². The molecule has 0 aliphatic heterocycles. The second-order valence-corrected chi connectivity index (χ2v) is 7.53. The lowest BCUT2D eigenvalue weighted by Crippen LogP contribution is -2.06. The number of aliphatic hydroxyl groups is 1. The van der Waals surface area contributed by atoms with Crippen LogP contribution in [0.3, 0.4) is 0 Å². The van der Waals surface area contributed by atoms with Crippen LogP contribution in [0.15, 0.2) is 65.8 Å². The summed E-state index contributed by atoms with van der Waals surface area (Å²) < 4.78 is 23.5. The maximum Gasteiger partial charge on any atom is 0.335 e. The van der Waals surface area contributed by atoms with Crippen LogP contribution in [-0.4, -0.2) is 40.5 Å². The number of rotatable bonds is 6. The monoisotopic (exact) mass is 385 g/mol. The molecule has 3 rings (SSSR count). The summed E-state index contributed by atoms with van der Waals surface area (Å²) in [5.41, 5.74) is 2.12. The second-order valence-electron chi connectivity index (χ2n) is 5.57. The van der Waals surface area contributed by atoms with E-state index in [1.165, 1.54) is 24.3 Å².